The van der Waals surface area contributed by atoms with Gasteiger partial charge in [0.2, 0.25) is 0 Å². The van der Waals surface area contributed by atoms with Crippen molar-refractivity contribution in [2.45, 2.75) is 52.5 Å². The highest BCUT2D eigenvalue weighted by molar-refractivity contribution is 6.02. The molecule has 1 saturated heterocycles. The maximum absolute atomic E-state index is 12.8. The van der Waals surface area contributed by atoms with Crippen LogP contribution in [0.15, 0.2) is 18.2 Å². The molecule has 1 aliphatic heterocycles. The summed E-state index contributed by atoms with van der Waals surface area (Å²) in [6, 6.07) is 6.05. The molecule has 0 N–H and O–H groups in total. The number of piperidine rings is 1. The number of ketones is 1. The summed E-state index contributed by atoms with van der Waals surface area (Å²) >= 11 is 0. The molecule has 2 heteroatoms. The predicted molar refractivity (Wildman–Crippen MR) is 79.7 cm³/mol. The van der Waals surface area contributed by atoms with Crippen molar-refractivity contribution < 1.29 is 4.79 Å². The molecule has 1 aromatic carbocycles. The first kappa shape index (κ1) is 14.3. The topological polar surface area (TPSA) is 20.3 Å². The molecule has 1 heterocycles. The van der Waals surface area contributed by atoms with Crippen LogP contribution in [0.3, 0.4) is 0 Å². The van der Waals surface area contributed by atoms with E-state index in [1.54, 1.807) is 0 Å². The number of nitrogens with zero attached hydrogens (tertiary/aromatic N) is 1. The van der Waals surface area contributed by atoms with Crippen LogP contribution in [0.5, 0.6) is 0 Å². The Bertz CT molecular complexity index is 470. The largest absolute Gasteiger partial charge is 0.292 e. The molecule has 0 bridgehead atoms. The summed E-state index contributed by atoms with van der Waals surface area (Å²) in [5, 5.41) is 0. The first-order valence-corrected chi connectivity index (χ1v) is 7.30. The van der Waals surface area contributed by atoms with Gasteiger partial charge >= 0.3 is 0 Å². The summed E-state index contributed by atoms with van der Waals surface area (Å²) in [7, 11) is 0. The molecule has 2 nitrogen and oxygen atoms in total. The molecule has 0 amide bonds. The van der Waals surface area contributed by atoms with E-state index in [0.717, 1.165) is 18.7 Å². The molecule has 0 radical (unpaired) electrons. The minimum Gasteiger partial charge on any atom is -0.292 e. The Kier molecular flexibility index (Phi) is 4.10. The van der Waals surface area contributed by atoms with Crippen molar-refractivity contribution >= 4 is 5.78 Å². The highest BCUT2D eigenvalue weighted by Gasteiger charge is 2.35. The Hall–Kier alpha value is -1.15. The van der Waals surface area contributed by atoms with E-state index in [1.807, 2.05) is 12.1 Å². The Balaban J connectivity index is 2.23. The lowest BCUT2D eigenvalue weighted by Gasteiger charge is -2.39. The fraction of sp³-hybridized carbons (Fsp3) is 0.588. The fourth-order valence-corrected chi connectivity index (χ4v) is 2.83. The zero-order valence-electron chi connectivity index (χ0n) is 12.6. The quantitative estimate of drug-likeness (QED) is 0.771. The lowest BCUT2D eigenvalue weighted by atomic mass is 9.88. The fourth-order valence-electron chi connectivity index (χ4n) is 2.83. The molecular weight excluding hydrogens is 234 g/mol. The van der Waals surface area contributed by atoms with E-state index in [-0.39, 0.29) is 11.3 Å². The van der Waals surface area contributed by atoms with Crippen molar-refractivity contribution in [3.8, 4) is 0 Å². The minimum absolute atomic E-state index is 0.248. The van der Waals surface area contributed by atoms with Gasteiger partial charge in [0.05, 0.1) is 5.54 Å². The molecule has 0 atom stereocenters. The van der Waals surface area contributed by atoms with E-state index < -0.39 is 0 Å². The van der Waals surface area contributed by atoms with Crippen molar-refractivity contribution in [3.63, 3.8) is 0 Å². The predicted octanol–water partition coefficient (Wildman–Crippen LogP) is 3.75. The maximum atomic E-state index is 12.8. The summed E-state index contributed by atoms with van der Waals surface area (Å²) in [5.41, 5.74) is 2.90. The lowest BCUT2D eigenvalue weighted by molar-refractivity contribution is 0.0579. The SMILES string of the molecule is Cc1ccc(C(=O)C(C)(C)N2CCCCC2)cc1C. The minimum atomic E-state index is -0.387. The van der Waals surface area contributed by atoms with Crippen molar-refractivity contribution in [2.24, 2.45) is 0 Å². The van der Waals surface area contributed by atoms with Gasteiger partial charge < -0.3 is 0 Å². The van der Waals surface area contributed by atoms with Gasteiger partial charge in [-0.25, -0.2) is 0 Å². The van der Waals surface area contributed by atoms with Gasteiger partial charge in [-0.05, 0) is 70.8 Å². The number of hydrogen-bond acceptors (Lipinski definition) is 2. The van der Waals surface area contributed by atoms with Crippen LogP contribution < -0.4 is 0 Å². The number of carbonyl (C=O) groups excluding carboxylic acids is 1. The molecule has 2 rings (SSSR count). The Labute approximate surface area is 116 Å². The van der Waals surface area contributed by atoms with Gasteiger partial charge in [-0.2, -0.15) is 0 Å². The van der Waals surface area contributed by atoms with Crippen molar-refractivity contribution in [2.75, 3.05) is 13.1 Å². The smallest absolute Gasteiger partial charge is 0.182 e. The average Bonchev–Trinajstić information content (AvgIpc) is 2.42. The van der Waals surface area contributed by atoms with E-state index in [2.05, 4.69) is 38.7 Å². The zero-order valence-corrected chi connectivity index (χ0v) is 12.6. The van der Waals surface area contributed by atoms with Gasteiger partial charge in [0, 0.05) is 5.56 Å². The second-order valence-electron chi connectivity index (χ2n) is 6.23. The summed E-state index contributed by atoms with van der Waals surface area (Å²) < 4.78 is 0. The van der Waals surface area contributed by atoms with Crippen LogP contribution in [-0.4, -0.2) is 29.3 Å². The number of aryl methyl sites for hydroxylation is 2. The summed E-state index contributed by atoms with van der Waals surface area (Å²) in [6.45, 7) is 10.4. The molecule has 104 valence electrons. The van der Waals surface area contributed by atoms with Crippen LogP contribution in [0.1, 0.15) is 54.6 Å². The lowest BCUT2D eigenvalue weighted by Crippen LogP contribution is -2.52. The van der Waals surface area contributed by atoms with Gasteiger partial charge in [0.25, 0.3) is 0 Å². The number of Topliss-reactive ketones (excluding diaryl/α,β-unsaturated/α-hetero) is 1. The summed E-state index contributed by atoms with van der Waals surface area (Å²) in [6.07, 6.45) is 3.72. The highest BCUT2D eigenvalue weighted by Crippen LogP contribution is 2.25. The van der Waals surface area contributed by atoms with Crippen LogP contribution >= 0.6 is 0 Å². The van der Waals surface area contributed by atoms with E-state index in [1.165, 1.54) is 30.4 Å². The van der Waals surface area contributed by atoms with Crippen LogP contribution in [0.25, 0.3) is 0 Å². The molecule has 0 aliphatic carbocycles. The van der Waals surface area contributed by atoms with Gasteiger partial charge in [-0.3, -0.25) is 9.69 Å². The average molecular weight is 259 g/mol. The van der Waals surface area contributed by atoms with E-state index in [0.29, 0.717) is 0 Å². The van der Waals surface area contributed by atoms with E-state index in [4.69, 9.17) is 0 Å². The Morgan fingerprint density at radius 2 is 1.68 bits per heavy atom. The number of benzene rings is 1. The second-order valence-corrected chi connectivity index (χ2v) is 6.23. The van der Waals surface area contributed by atoms with Crippen LogP contribution in [0.4, 0.5) is 0 Å². The molecule has 1 aliphatic rings. The molecule has 0 unspecified atom stereocenters. The Morgan fingerprint density at radius 3 is 2.26 bits per heavy atom. The van der Waals surface area contributed by atoms with Gasteiger partial charge in [-0.1, -0.05) is 18.6 Å². The molecule has 1 aromatic rings. The Morgan fingerprint density at radius 1 is 1.05 bits per heavy atom. The number of carbonyl (C=O) groups is 1. The number of hydrogen-bond donors (Lipinski definition) is 0. The van der Waals surface area contributed by atoms with Crippen LogP contribution in [0, 0.1) is 13.8 Å². The molecule has 0 aromatic heterocycles. The van der Waals surface area contributed by atoms with Crippen LogP contribution in [0.2, 0.25) is 0 Å². The monoisotopic (exact) mass is 259 g/mol. The van der Waals surface area contributed by atoms with Gasteiger partial charge in [0.15, 0.2) is 5.78 Å². The number of likely N-dealkylation sites (tertiary alicyclic amines) is 1. The number of rotatable bonds is 3. The third-order valence-electron chi connectivity index (χ3n) is 4.47. The summed E-state index contributed by atoms with van der Waals surface area (Å²) in [4.78, 5) is 15.1. The van der Waals surface area contributed by atoms with Crippen molar-refractivity contribution in [1.82, 2.24) is 4.90 Å². The first-order chi connectivity index (χ1) is 8.93. The molecule has 19 heavy (non-hydrogen) atoms. The molecule has 0 spiro atoms. The third-order valence-corrected chi connectivity index (χ3v) is 4.47. The van der Waals surface area contributed by atoms with E-state index in [9.17, 15) is 4.79 Å². The third kappa shape index (κ3) is 2.89. The standard InChI is InChI=1S/C17H25NO/c1-13-8-9-15(12-14(13)2)16(19)17(3,4)18-10-6-5-7-11-18/h8-9,12H,5-7,10-11H2,1-4H3. The van der Waals surface area contributed by atoms with Crippen molar-refractivity contribution in [1.29, 1.82) is 0 Å². The van der Waals surface area contributed by atoms with Crippen LogP contribution in [-0.2, 0) is 0 Å². The summed E-state index contributed by atoms with van der Waals surface area (Å²) in [5.74, 6) is 0.248. The highest BCUT2D eigenvalue weighted by atomic mass is 16.1. The molecular formula is C17H25NO. The normalized spacial score (nSPS) is 17.5. The maximum Gasteiger partial charge on any atom is 0.182 e. The second kappa shape index (κ2) is 5.46. The zero-order chi connectivity index (χ0) is 14.0. The molecule has 1 fully saturated rings. The van der Waals surface area contributed by atoms with Gasteiger partial charge in [-0.15, -0.1) is 0 Å². The molecule has 0 saturated carbocycles. The van der Waals surface area contributed by atoms with Gasteiger partial charge in [0.1, 0.15) is 0 Å². The van der Waals surface area contributed by atoms with E-state index >= 15 is 0 Å². The van der Waals surface area contributed by atoms with Crippen molar-refractivity contribution in [3.05, 3.63) is 34.9 Å². The first-order valence-electron chi connectivity index (χ1n) is 7.30.